The van der Waals surface area contributed by atoms with Crippen molar-refractivity contribution >= 4 is 19.7 Å². The summed E-state index contributed by atoms with van der Waals surface area (Å²) in [5, 5.41) is 21.3. The standard InChI is InChI=1S/C25H41NO4.H3O4P/c1-2-3-4-5-6-7-8-9-10-11-12-13-14-15-24(28)26-23(25(29)30)20-21-16-18-22(27)19-17-21;1-5(2,3)4/h16-19,23,27H,2-15,20H2,1H3,(H,26,28)(H,29,30);(H3,1,2,3,4)/t23-;/m0./s1. The summed E-state index contributed by atoms with van der Waals surface area (Å²) in [7, 11) is -4.64. The average Bonchev–Trinajstić information content (AvgIpc) is 2.76. The normalized spacial score (nSPS) is 11.9. The summed E-state index contributed by atoms with van der Waals surface area (Å²) < 4.78 is 8.88. The number of phenolic OH excluding ortho intramolecular Hbond substituents is 1. The van der Waals surface area contributed by atoms with Gasteiger partial charge in [0, 0.05) is 12.8 Å². The van der Waals surface area contributed by atoms with Crippen LogP contribution >= 0.6 is 7.82 Å². The number of benzene rings is 1. The monoisotopic (exact) mass is 517 g/mol. The van der Waals surface area contributed by atoms with Crippen molar-refractivity contribution in [1.29, 1.82) is 0 Å². The summed E-state index contributed by atoms with van der Waals surface area (Å²) in [6.45, 7) is 2.25. The van der Waals surface area contributed by atoms with Crippen LogP contribution in [0.2, 0.25) is 0 Å². The molecule has 0 unspecified atom stereocenters. The van der Waals surface area contributed by atoms with E-state index in [2.05, 4.69) is 12.2 Å². The molecular weight excluding hydrogens is 473 g/mol. The fourth-order valence-corrected chi connectivity index (χ4v) is 3.64. The number of hydrogen-bond acceptors (Lipinski definition) is 4. The van der Waals surface area contributed by atoms with Crippen LogP contribution in [0.15, 0.2) is 24.3 Å². The molecule has 0 saturated heterocycles. The van der Waals surface area contributed by atoms with Gasteiger partial charge in [-0.05, 0) is 24.1 Å². The first kappa shape index (κ1) is 33.1. The van der Waals surface area contributed by atoms with E-state index in [4.69, 9.17) is 19.2 Å². The second-order valence-electron chi connectivity index (χ2n) is 8.83. The molecule has 1 rings (SSSR count). The minimum absolute atomic E-state index is 0.136. The van der Waals surface area contributed by atoms with Crippen LogP contribution in [0, 0.1) is 0 Å². The minimum atomic E-state index is -4.64. The van der Waals surface area contributed by atoms with Crippen molar-refractivity contribution in [2.24, 2.45) is 0 Å². The predicted molar refractivity (Wildman–Crippen MR) is 136 cm³/mol. The lowest BCUT2D eigenvalue weighted by Gasteiger charge is -2.14. The molecule has 0 fully saturated rings. The van der Waals surface area contributed by atoms with Gasteiger partial charge in [-0.25, -0.2) is 9.36 Å². The second-order valence-corrected chi connectivity index (χ2v) is 9.86. The number of carbonyl (C=O) groups is 2. The predicted octanol–water partition coefficient (Wildman–Crippen LogP) is 5.06. The van der Waals surface area contributed by atoms with E-state index in [0.717, 1.165) is 24.8 Å². The van der Waals surface area contributed by atoms with E-state index in [1.54, 1.807) is 12.1 Å². The van der Waals surface area contributed by atoms with Gasteiger partial charge in [-0.3, -0.25) is 4.79 Å². The fourth-order valence-electron chi connectivity index (χ4n) is 3.64. The van der Waals surface area contributed by atoms with E-state index in [1.165, 1.54) is 76.3 Å². The number of phosphoric acid groups is 1. The Morgan fingerprint density at radius 1 is 0.800 bits per heavy atom. The third kappa shape index (κ3) is 23.6. The third-order valence-corrected chi connectivity index (χ3v) is 5.52. The quantitative estimate of drug-likeness (QED) is 0.116. The van der Waals surface area contributed by atoms with Crippen LogP contribution in [0.5, 0.6) is 5.75 Å². The summed E-state index contributed by atoms with van der Waals surface area (Å²) >= 11 is 0. The van der Waals surface area contributed by atoms with E-state index < -0.39 is 19.8 Å². The van der Waals surface area contributed by atoms with Crippen LogP contribution < -0.4 is 5.32 Å². The molecule has 0 aliphatic carbocycles. The zero-order chi connectivity index (χ0) is 26.5. The molecule has 1 aromatic carbocycles. The van der Waals surface area contributed by atoms with Gasteiger partial charge in [-0.1, -0.05) is 96.1 Å². The molecule has 0 aliphatic rings. The molecule has 0 aliphatic heterocycles. The van der Waals surface area contributed by atoms with Crippen molar-refractivity contribution in [3.05, 3.63) is 29.8 Å². The maximum Gasteiger partial charge on any atom is 0.466 e. The SMILES string of the molecule is CCCCCCCCCCCCCCCC(=O)N[C@@H](Cc1ccc(O)cc1)C(=O)O.O=P(O)(O)O. The lowest BCUT2D eigenvalue weighted by Crippen LogP contribution is -2.42. The Balaban J connectivity index is 0.00000209. The van der Waals surface area contributed by atoms with Gasteiger partial charge in [0.2, 0.25) is 5.91 Å². The Morgan fingerprint density at radius 2 is 1.20 bits per heavy atom. The molecule has 6 N–H and O–H groups in total. The van der Waals surface area contributed by atoms with E-state index >= 15 is 0 Å². The average molecular weight is 518 g/mol. The molecule has 0 heterocycles. The number of carboxylic acid groups (broad SMARTS) is 1. The lowest BCUT2D eigenvalue weighted by molar-refractivity contribution is -0.141. The Kier molecular flexibility index (Phi) is 19.2. The summed E-state index contributed by atoms with van der Waals surface area (Å²) in [4.78, 5) is 45.1. The Labute approximate surface area is 209 Å². The molecule has 1 amide bonds. The highest BCUT2D eigenvalue weighted by Gasteiger charge is 2.20. The fraction of sp³-hybridized carbons (Fsp3) is 0.680. The van der Waals surface area contributed by atoms with Crippen molar-refractivity contribution in [3.8, 4) is 5.75 Å². The molecular formula is C25H44NO8P. The number of hydrogen-bond donors (Lipinski definition) is 6. The molecule has 1 aromatic rings. The molecule has 10 heteroatoms. The molecule has 0 aromatic heterocycles. The van der Waals surface area contributed by atoms with Crippen LogP contribution in [-0.4, -0.2) is 42.8 Å². The number of aliphatic carboxylic acids is 1. The third-order valence-electron chi connectivity index (χ3n) is 5.52. The Hall–Kier alpha value is -1.93. The van der Waals surface area contributed by atoms with Crippen LogP contribution in [0.4, 0.5) is 0 Å². The Morgan fingerprint density at radius 3 is 1.60 bits per heavy atom. The van der Waals surface area contributed by atoms with E-state index in [9.17, 15) is 19.8 Å². The first-order valence-corrected chi connectivity index (χ1v) is 14.2. The van der Waals surface area contributed by atoms with Crippen molar-refractivity contribution < 1.29 is 39.0 Å². The van der Waals surface area contributed by atoms with E-state index in [0.29, 0.717) is 6.42 Å². The summed E-state index contributed by atoms with van der Waals surface area (Å²) in [6.07, 6.45) is 16.9. The molecule has 9 nitrogen and oxygen atoms in total. The zero-order valence-electron chi connectivity index (χ0n) is 20.9. The van der Waals surface area contributed by atoms with Crippen LogP contribution in [-0.2, 0) is 20.6 Å². The number of nitrogens with one attached hydrogen (secondary N) is 1. The minimum Gasteiger partial charge on any atom is -0.508 e. The Bertz CT molecular complexity index is 727. The number of unbranched alkanes of at least 4 members (excludes halogenated alkanes) is 12. The number of phenols is 1. The molecule has 0 bridgehead atoms. The molecule has 0 spiro atoms. The van der Waals surface area contributed by atoms with Crippen molar-refractivity contribution in [2.75, 3.05) is 0 Å². The molecule has 35 heavy (non-hydrogen) atoms. The van der Waals surface area contributed by atoms with Crippen LogP contribution in [0.1, 0.15) is 102 Å². The lowest BCUT2D eigenvalue weighted by atomic mass is 10.0. The van der Waals surface area contributed by atoms with Gasteiger partial charge in [0.1, 0.15) is 11.8 Å². The van der Waals surface area contributed by atoms with Gasteiger partial charge in [0.15, 0.2) is 0 Å². The van der Waals surface area contributed by atoms with Crippen molar-refractivity contribution in [3.63, 3.8) is 0 Å². The van der Waals surface area contributed by atoms with Gasteiger partial charge in [-0.2, -0.15) is 0 Å². The van der Waals surface area contributed by atoms with Crippen molar-refractivity contribution in [1.82, 2.24) is 5.32 Å². The number of carbonyl (C=O) groups excluding carboxylic acids is 1. The highest BCUT2D eigenvalue weighted by Crippen LogP contribution is 2.25. The van der Waals surface area contributed by atoms with Crippen LogP contribution in [0.25, 0.3) is 0 Å². The first-order valence-electron chi connectivity index (χ1n) is 12.6. The highest BCUT2D eigenvalue weighted by atomic mass is 31.2. The zero-order valence-corrected chi connectivity index (χ0v) is 21.8. The number of rotatable bonds is 18. The first-order chi connectivity index (χ1) is 16.5. The summed E-state index contributed by atoms with van der Waals surface area (Å²) in [5.74, 6) is -1.11. The second kappa shape index (κ2) is 20.3. The van der Waals surface area contributed by atoms with Gasteiger partial charge in [0.25, 0.3) is 0 Å². The van der Waals surface area contributed by atoms with E-state index in [1.807, 2.05) is 0 Å². The molecule has 0 radical (unpaired) electrons. The summed E-state index contributed by atoms with van der Waals surface area (Å²) in [5.41, 5.74) is 0.765. The number of aromatic hydroxyl groups is 1. The molecule has 0 saturated carbocycles. The van der Waals surface area contributed by atoms with Crippen molar-refractivity contribution in [2.45, 2.75) is 109 Å². The summed E-state index contributed by atoms with van der Waals surface area (Å²) in [6, 6.07) is 5.44. The van der Waals surface area contributed by atoms with Crippen LogP contribution in [0.3, 0.4) is 0 Å². The molecule has 1 atom stereocenters. The topological polar surface area (TPSA) is 164 Å². The molecule has 202 valence electrons. The van der Waals surface area contributed by atoms with Gasteiger partial charge in [0.05, 0.1) is 0 Å². The highest BCUT2D eigenvalue weighted by molar-refractivity contribution is 7.45. The number of carboxylic acids is 1. The smallest absolute Gasteiger partial charge is 0.466 e. The van der Waals surface area contributed by atoms with Gasteiger partial charge >= 0.3 is 13.8 Å². The van der Waals surface area contributed by atoms with Gasteiger partial charge in [-0.15, -0.1) is 0 Å². The maximum absolute atomic E-state index is 12.1. The largest absolute Gasteiger partial charge is 0.508 e. The van der Waals surface area contributed by atoms with Gasteiger partial charge < -0.3 is 30.2 Å². The number of amides is 1. The maximum atomic E-state index is 12.1. The van der Waals surface area contributed by atoms with E-state index in [-0.39, 0.29) is 18.1 Å².